The molecule has 12 heteroatoms. The quantitative estimate of drug-likeness (QED) is 0.218. The monoisotopic (exact) mass is 584 g/mol. The molecule has 3 rings (SSSR count). The van der Waals surface area contributed by atoms with Crippen molar-refractivity contribution in [2.45, 2.75) is 33.9 Å². The van der Waals surface area contributed by atoms with Crippen LogP contribution in [0.25, 0.3) is 0 Å². The summed E-state index contributed by atoms with van der Waals surface area (Å²) in [7, 11) is -3.56. The summed E-state index contributed by atoms with van der Waals surface area (Å²) in [6, 6.07) is 17.0. The van der Waals surface area contributed by atoms with Gasteiger partial charge in [0.2, 0.25) is 10.0 Å². The zero-order chi connectivity index (χ0) is 29.8. The smallest absolute Gasteiger partial charge is 0.319 e. The molecule has 0 spiro atoms. The second kappa shape index (κ2) is 14.8. The normalized spacial score (nSPS) is 10.8. The first-order valence-corrected chi connectivity index (χ1v) is 15.1. The number of ether oxygens (including phenoxy) is 3. The van der Waals surface area contributed by atoms with Gasteiger partial charge in [0, 0.05) is 30.4 Å². The van der Waals surface area contributed by atoms with Crippen LogP contribution in [0.1, 0.15) is 42.3 Å². The zero-order valence-electron chi connectivity index (χ0n) is 23.6. The maximum absolute atomic E-state index is 13.0. The summed E-state index contributed by atoms with van der Waals surface area (Å²) < 4.78 is 43.0. The molecule has 11 nitrogen and oxygen atoms in total. The van der Waals surface area contributed by atoms with E-state index in [1.165, 1.54) is 6.07 Å². The van der Waals surface area contributed by atoms with Gasteiger partial charge >= 0.3 is 6.03 Å². The Morgan fingerprint density at radius 1 is 0.756 bits per heavy atom. The first-order chi connectivity index (χ1) is 19.6. The number of carbonyl (C=O) groups is 2. The van der Waals surface area contributed by atoms with Crippen LogP contribution in [0, 0.1) is 0 Å². The van der Waals surface area contributed by atoms with Crippen molar-refractivity contribution in [1.82, 2.24) is 10.6 Å². The van der Waals surface area contributed by atoms with Crippen LogP contribution < -0.4 is 34.9 Å². The molecular formula is C29H36N4O7S. The molecule has 0 aliphatic heterocycles. The minimum Gasteiger partial charge on any atom is -0.493 e. The van der Waals surface area contributed by atoms with Gasteiger partial charge in [-0.2, -0.15) is 0 Å². The molecule has 3 aromatic carbocycles. The zero-order valence-corrected chi connectivity index (χ0v) is 24.4. The van der Waals surface area contributed by atoms with Gasteiger partial charge in [0.25, 0.3) is 5.91 Å². The van der Waals surface area contributed by atoms with Gasteiger partial charge in [-0.1, -0.05) is 30.3 Å². The molecule has 0 heterocycles. The molecule has 0 fully saturated rings. The van der Waals surface area contributed by atoms with Crippen LogP contribution in [0.15, 0.2) is 60.7 Å². The first-order valence-electron chi connectivity index (χ1n) is 13.2. The number of hydrogen-bond donors (Lipinski definition) is 4. The topological polar surface area (TPSA) is 144 Å². The minimum atomic E-state index is -3.56. The summed E-state index contributed by atoms with van der Waals surface area (Å²) in [6.45, 7) is 6.79. The average Bonchev–Trinajstić information content (AvgIpc) is 2.93. The summed E-state index contributed by atoms with van der Waals surface area (Å²) in [5.74, 6) is 0.752. The van der Waals surface area contributed by atoms with E-state index in [1.807, 2.05) is 37.3 Å². The highest BCUT2D eigenvalue weighted by atomic mass is 32.2. The number of anilines is 2. The minimum absolute atomic E-state index is 0.0574. The van der Waals surface area contributed by atoms with Gasteiger partial charge < -0.3 is 30.2 Å². The van der Waals surface area contributed by atoms with Crippen LogP contribution in [0.4, 0.5) is 16.2 Å². The maximum Gasteiger partial charge on any atom is 0.319 e. The third kappa shape index (κ3) is 9.60. The molecular weight excluding hydrogens is 548 g/mol. The van der Waals surface area contributed by atoms with Crippen molar-refractivity contribution in [2.24, 2.45) is 0 Å². The molecule has 0 unspecified atom stereocenters. The van der Waals surface area contributed by atoms with E-state index in [4.69, 9.17) is 14.2 Å². The Hall–Kier alpha value is -4.45. The van der Waals surface area contributed by atoms with Crippen LogP contribution in [-0.2, 0) is 23.1 Å². The number of rotatable bonds is 14. The predicted molar refractivity (Wildman–Crippen MR) is 158 cm³/mol. The predicted octanol–water partition coefficient (Wildman–Crippen LogP) is 4.51. The number of nitrogens with one attached hydrogen (secondary N) is 4. The Kier molecular flexibility index (Phi) is 11.2. The number of hydrogen-bond acceptors (Lipinski definition) is 7. The van der Waals surface area contributed by atoms with Gasteiger partial charge in [-0.05, 0) is 50.6 Å². The molecule has 0 saturated carbocycles. The summed E-state index contributed by atoms with van der Waals surface area (Å²) in [4.78, 5) is 25.8. The van der Waals surface area contributed by atoms with Crippen LogP contribution in [0.3, 0.4) is 0 Å². The van der Waals surface area contributed by atoms with E-state index in [1.54, 1.807) is 38.1 Å². The molecule has 0 atom stereocenters. The molecule has 0 radical (unpaired) electrons. The fraction of sp³-hybridized carbons (Fsp3) is 0.310. The summed E-state index contributed by atoms with van der Waals surface area (Å²) in [6.07, 6.45) is 1.04. The summed E-state index contributed by atoms with van der Waals surface area (Å²) in [5.41, 5.74) is 2.44. The van der Waals surface area contributed by atoms with E-state index < -0.39 is 16.1 Å². The van der Waals surface area contributed by atoms with Crippen molar-refractivity contribution in [3.63, 3.8) is 0 Å². The Balaban J connectivity index is 1.74. The van der Waals surface area contributed by atoms with Crippen LogP contribution in [0.2, 0.25) is 0 Å². The van der Waals surface area contributed by atoms with Crippen LogP contribution >= 0.6 is 0 Å². The molecule has 3 aromatic rings. The van der Waals surface area contributed by atoms with E-state index in [2.05, 4.69) is 20.7 Å². The second-order valence-corrected chi connectivity index (χ2v) is 10.6. The highest BCUT2D eigenvalue weighted by molar-refractivity contribution is 7.92. The number of carbonyl (C=O) groups excluding carboxylic acids is 2. The molecule has 0 aromatic heterocycles. The van der Waals surface area contributed by atoms with Gasteiger partial charge in [0.15, 0.2) is 0 Å². The van der Waals surface area contributed by atoms with Gasteiger partial charge in [-0.25, -0.2) is 13.2 Å². The molecule has 0 bridgehead atoms. The third-order valence-corrected chi connectivity index (χ3v) is 6.17. The molecule has 0 aliphatic carbocycles. The van der Waals surface area contributed by atoms with E-state index in [0.717, 1.165) is 11.8 Å². The van der Waals surface area contributed by atoms with E-state index in [9.17, 15) is 18.0 Å². The van der Waals surface area contributed by atoms with Gasteiger partial charge in [-0.15, -0.1) is 0 Å². The van der Waals surface area contributed by atoms with Crippen molar-refractivity contribution in [1.29, 1.82) is 0 Å². The van der Waals surface area contributed by atoms with E-state index in [-0.39, 0.29) is 23.7 Å². The molecule has 0 saturated heterocycles. The SMILES string of the molecule is CCOc1cc(NS(C)(=O)=O)c(OCC)cc1CNC(=O)Nc1ccc(OCC)c(C(=O)NCc2ccccc2)c1. The highest BCUT2D eigenvalue weighted by Gasteiger charge is 2.17. The maximum atomic E-state index is 13.0. The van der Waals surface area contributed by atoms with E-state index >= 15 is 0 Å². The number of benzene rings is 3. The standard InChI is InChI=1S/C29H36N4O7S/c1-5-38-25-14-13-22(16-23(25)28(34)30-18-20-11-9-8-10-12-20)32-29(35)31-19-21-15-27(40-7-3)24(33-41(4,36)37)17-26(21)39-6-2/h8-17,33H,5-7,18-19H2,1-4H3,(H,30,34)(H2,31,32,35). The highest BCUT2D eigenvalue weighted by Crippen LogP contribution is 2.34. The van der Waals surface area contributed by atoms with Crippen molar-refractivity contribution in [3.8, 4) is 17.2 Å². The van der Waals surface area contributed by atoms with Crippen molar-refractivity contribution in [3.05, 3.63) is 77.4 Å². The number of sulfonamides is 1. The Bertz CT molecular complexity index is 1450. The van der Waals surface area contributed by atoms with Gasteiger partial charge in [0.1, 0.15) is 17.2 Å². The van der Waals surface area contributed by atoms with Crippen molar-refractivity contribution >= 4 is 33.3 Å². The lowest BCUT2D eigenvalue weighted by Gasteiger charge is -2.18. The number of urea groups is 1. The van der Waals surface area contributed by atoms with E-state index in [0.29, 0.717) is 54.9 Å². The second-order valence-electron chi connectivity index (χ2n) is 8.82. The fourth-order valence-electron chi connectivity index (χ4n) is 3.88. The third-order valence-electron chi connectivity index (χ3n) is 5.57. The van der Waals surface area contributed by atoms with Gasteiger partial charge in [-0.3, -0.25) is 9.52 Å². The van der Waals surface area contributed by atoms with Crippen LogP contribution in [-0.4, -0.2) is 46.4 Å². The van der Waals surface area contributed by atoms with Crippen molar-refractivity contribution in [2.75, 3.05) is 36.1 Å². The Morgan fingerprint density at radius 3 is 2.07 bits per heavy atom. The lowest BCUT2D eigenvalue weighted by Crippen LogP contribution is -2.29. The largest absolute Gasteiger partial charge is 0.493 e. The Morgan fingerprint density at radius 2 is 1.41 bits per heavy atom. The molecule has 4 N–H and O–H groups in total. The molecule has 0 aliphatic rings. The molecule has 220 valence electrons. The summed E-state index contributed by atoms with van der Waals surface area (Å²) >= 11 is 0. The number of amides is 3. The lowest BCUT2D eigenvalue weighted by molar-refractivity contribution is 0.0947. The van der Waals surface area contributed by atoms with Crippen LogP contribution in [0.5, 0.6) is 17.2 Å². The van der Waals surface area contributed by atoms with Gasteiger partial charge in [0.05, 0.1) is 37.3 Å². The fourth-order valence-corrected chi connectivity index (χ4v) is 4.43. The lowest BCUT2D eigenvalue weighted by atomic mass is 10.1. The average molecular weight is 585 g/mol. The summed E-state index contributed by atoms with van der Waals surface area (Å²) in [5, 5.41) is 8.38. The van der Waals surface area contributed by atoms with Crippen molar-refractivity contribution < 1.29 is 32.2 Å². The Labute approximate surface area is 240 Å². The molecule has 3 amide bonds. The first kappa shape index (κ1) is 31.1. The molecule has 41 heavy (non-hydrogen) atoms.